The number of benzene rings is 2. The van der Waals surface area contributed by atoms with Crippen LogP contribution in [0.2, 0.25) is 0 Å². The maximum absolute atomic E-state index is 12.5. The first kappa shape index (κ1) is 14.8. The van der Waals surface area contributed by atoms with Crippen LogP contribution in [-0.2, 0) is 6.54 Å². The third kappa shape index (κ3) is 3.48. The molecule has 2 nitrogen and oxygen atoms in total. The second-order valence-electron chi connectivity index (χ2n) is 4.78. The smallest absolute Gasteiger partial charge is 0.254 e. The van der Waals surface area contributed by atoms with Crippen LogP contribution in [0.5, 0.6) is 0 Å². The molecule has 0 spiro atoms. The lowest BCUT2D eigenvalue weighted by Gasteiger charge is -2.22. The van der Waals surface area contributed by atoms with Crippen LogP contribution >= 0.6 is 15.9 Å². The quantitative estimate of drug-likeness (QED) is 0.812. The molecular weight excluding hydrogens is 314 g/mol. The average Bonchev–Trinajstić information content (AvgIpc) is 2.48. The third-order valence-corrected chi connectivity index (χ3v) is 4.03. The van der Waals surface area contributed by atoms with E-state index in [0.29, 0.717) is 13.1 Å². The van der Waals surface area contributed by atoms with E-state index in [1.165, 1.54) is 5.56 Å². The topological polar surface area (TPSA) is 20.3 Å². The summed E-state index contributed by atoms with van der Waals surface area (Å²) < 4.78 is 1.04. The van der Waals surface area contributed by atoms with Crippen LogP contribution in [0.15, 0.2) is 53.0 Å². The molecule has 2 aromatic carbocycles. The minimum absolute atomic E-state index is 0.0708. The van der Waals surface area contributed by atoms with Crippen molar-refractivity contribution in [3.63, 3.8) is 0 Å². The minimum atomic E-state index is 0.0708. The Morgan fingerprint density at radius 2 is 1.85 bits per heavy atom. The minimum Gasteiger partial charge on any atom is -0.335 e. The number of amides is 1. The standard InChI is InChI=1S/C17H18BrNO/c1-3-19(17(20)14-7-5-4-6-8-14)12-15-11-13(2)9-10-16(15)18/h4-11H,3,12H2,1-2H3. The lowest BCUT2D eigenvalue weighted by molar-refractivity contribution is 0.0752. The third-order valence-electron chi connectivity index (χ3n) is 3.25. The molecule has 0 unspecified atom stereocenters. The molecule has 0 aromatic heterocycles. The van der Waals surface area contributed by atoms with Gasteiger partial charge < -0.3 is 4.90 Å². The van der Waals surface area contributed by atoms with E-state index < -0.39 is 0 Å². The van der Waals surface area contributed by atoms with Crippen LogP contribution in [0, 0.1) is 6.92 Å². The Balaban J connectivity index is 2.21. The van der Waals surface area contributed by atoms with E-state index in [2.05, 4.69) is 35.0 Å². The summed E-state index contributed by atoms with van der Waals surface area (Å²) >= 11 is 3.56. The molecule has 1 amide bonds. The van der Waals surface area contributed by atoms with Gasteiger partial charge in [0.1, 0.15) is 0 Å². The first-order valence-electron chi connectivity index (χ1n) is 6.71. The van der Waals surface area contributed by atoms with E-state index in [1.54, 1.807) is 0 Å². The molecule has 0 saturated heterocycles. The van der Waals surface area contributed by atoms with E-state index in [-0.39, 0.29) is 5.91 Å². The molecule has 104 valence electrons. The van der Waals surface area contributed by atoms with Gasteiger partial charge in [-0.25, -0.2) is 0 Å². The SMILES string of the molecule is CCN(Cc1cc(C)ccc1Br)C(=O)c1ccccc1. The Hall–Kier alpha value is -1.61. The maximum Gasteiger partial charge on any atom is 0.254 e. The van der Waals surface area contributed by atoms with Gasteiger partial charge in [-0.15, -0.1) is 0 Å². The van der Waals surface area contributed by atoms with Crippen LogP contribution in [0.4, 0.5) is 0 Å². The van der Waals surface area contributed by atoms with Crippen molar-refractivity contribution in [2.75, 3.05) is 6.54 Å². The van der Waals surface area contributed by atoms with Crippen molar-refractivity contribution in [2.45, 2.75) is 20.4 Å². The highest BCUT2D eigenvalue weighted by Crippen LogP contribution is 2.20. The van der Waals surface area contributed by atoms with Crippen molar-refractivity contribution >= 4 is 21.8 Å². The lowest BCUT2D eigenvalue weighted by Crippen LogP contribution is -2.30. The van der Waals surface area contributed by atoms with Crippen LogP contribution in [0.1, 0.15) is 28.4 Å². The Labute approximate surface area is 128 Å². The number of carbonyl (C=O) groups excluding carboxylic acids is 1. The molecule has 0 radical (unpaired) electrons. The van der Waals surface area contributed by atoms with Crippen LogP contribution in [-0.4, -0.2) is 17.4 Å². The summed E-state index contributed by atoms with van der Waals surface area (Å²) in [4.78, 5) is 14.3. The van der Waals surface area contributed by atoms with Crippen LogP contribution in [0.3, 0.4) is 0 Å². The van der Waals surface area contributed by atoms with Gasteiger partial charge in [0.15, 0.2) is 0 Å². The number of aryl methyl sites for hydroxylation is 1. The summed E-state index contributed by atoms with van der Waals surface area (Å²) in [5.41, 5.74) is 3.07. The fraction of sp³-hybridized carbons (Fsp3) is 0.235. The van der Waals surface area contributed by atoms with E-state index in [9.17, 15) is 4.79 Å². The summed E-state index contributed by atoms with van der Waals surface area (Å²) in [7, 11) is 0. The number of hydrogen-bond donors (Lipinski definition) is 0. The maximum atomic E-state index is 12.5. The molecule has 0 bridgehead atoms. The highest BCUT2D eigenvalue weighted by atomic mass is 79.9. The summed E-state index contributed by atoms with van der Waals surface area (Å²) in [6, 6.07) is 15.6. The van der Waals surface area contributed by atoms with Crippen molar-refractivity contribution in [3.05, 3.63) is 69.7 Å². The van der Waals surface area contributed by atoms with Gasteiger partial charge in [0.05, 0.1) is 0 Å². The molecule has 0 heterocycles. The highest BCUT2D eigenvalue weighted by molar-refractivity contribution is 9.10. The molecule has 0 N–H and O–H groups in total. The summed E-state index contributed by atoms with van der Waals surface area (Å²) in [5.74, 6) is 0.0708. The Kier molecular flexibility index (Phi) is 4.96. The fourth-order valence-corrected chi connectivity index (χ4v) is 2.49. The molecule has 0 aliphatic carbocycles. The molecule has 0 saturated carbocycles. The van der Waals surface area contributed by atoms with Gasteiger partial charge in [-0.2, -0.15) is 0 Å². The summed E-state index contributed by atoms with van der Waals surface area (Å²) in [6.07, 6.45) is 0. The number of nitrogens with zero attached hydrogens (tertiary/aromatic N) is 1. The highest BCUT2D eigenvalue weighted by Gasteiger charge is 2.15. The van der Waals surface area contributed by atoms with Gasteiger partial charge in [-0.05, 0) is 37.6 Å². The first-order valence-corrected chi connectivity index (χ1v) is 7.50. The first-order chi connectivity index (χ1) is 9.61. The zero-order chi connectivity index (χ0) is 14.5. The molecule has 0 fully saturated rings. The Morgan fingerprint density at radius 3 is 2.50 bits per heavy atom. The largest absolute Gasteiger partial charge is 0.335 e. The van der Waals surface area contributed by atoms with Crippen molar-refractivity contribution < 1.29 is 4.79 Å². The predicted octanol–water partition coefficient (Wildman–Crippen LogP) is 4.42. The molecule has 20 heavy (non-hydrogen) atoms. The zero-order valence-electron chi connectivity index (χ0n) is 11.8. The van der Waals surface area contributed by atoms with E-state index >= 15 is 0 Å². The second kappa shape index (κ2) is 6.71. The number of halogens is 1. The van der Waals surface area contributed by atoms with E-state index in [0.717, 1.165) is 15.6 Å². The van der Waals surface area contributed by atoms with E-state index in [1.807, 2.05) is 48.2 Å². The number of hydrogen-bond acceptors (Lipinski definition) is 1. The van der Waals surface area contributed by atoms with E-state index in [4.69, 9.17) is 0 Å². The van der Waals surface area contributed by atoms with Crippen LogP contribution < -0.4 is 0 Å². The molecule has 0 atom stereocenters. The molecule has 3 heteroatoms. The van der Waals surface area contributed by atoms with Crippen molar-refractivity contribution in [3.8, 4) is 0 Å². The summed E-state index contributed by atoms with van der Waals surface area (Å²) in [6.45, 7) is 5.37. The van der Waals surface area contributed by atoms with Crippen molar-refractivity contribution in [1.82, 2.24) is 4.90 Å². The van der Waals surface area contributed by atoms with Crippen LogP contribution in [0.25, 0.3) is 0 Å². The van der Waals surface area contributed by atoms with Crippen molar-refractivity contribution in [2.24, 2.45) is 0 Å². The molecule has 2 aromatic rings. The molecule has 2 rings (SSSR count). The van der Waals surface area contributed by atoms with Gasteiger partial charge in [0.25, 0.3) is 5.91 Å². The van der Waals surface area contributed by atoms with Gasteiger partial charge in [0, 0.05) is 23.1 Å². The van der Waals surface area contributed by atoms with Gasteiger partial charge in [0.2, 0.25) is 0 Å². The predicted molar refractivity (Wildman–Crippen MR) is 85.7 cm³/mol. The number of carbonyl (C=O) groups is 1. The Bertz CT molecular complexity index is 595. The normalized spacial score (nSPS) is 10.3. The van der Waals surface area contributed by atoms with Gasteiger partial charge >= 0.3 is 0 Å². The Morgan fingerprint density at radius 1 is 1.15 bits per heavy atom. The fourth-order valence-electron chi connectivity index (χ4n) is 2.12. The molecule has 0 aliphatic heterocycles. The molecule has 0 aliphatic rings. The lowest BCUT2D eigenvalue weighted by atomic mass is 10.1. The molecular formula is C17H18BrNO. The summed E-state index contributed by atoms with van der Waals surface area (Å²) in [5, 5.41) is 0. The monoisotopic (exact) mass is 331 g/mol. The average molecular weight is 332 g/mol. The zero-order valence-corrected chi connectivity index (χ0v) is 13.4. The van der Waals surface area contributed by atoms with Gasteiger partial charge in [-0.1, -0.05) is 51.8 Å². The second-order valence-corrected chi connectivity index (χ2v) is 5.63. The van der Waals surface area contributed by atoms with Crippen molar-refractivity contribution in [1.29, 1.82) is 0 Å². The number of rotatable bonds is 4. The van der Waals surface area contributed by atoms with Gasteiger partial charge in [-0.3, -0.25) is 4.79 Å².